The third kappa shape index (κ3) is 5.75. The van der Waals surface area contributed by atoms with Gasteiger partial charge in [-0.25, -0.2) is 9.50 Å². The van der Waals surface area contributed by atoms with Gasteiger partial charge in [-0.15, -0.1) is 5.10 Å². The molecular formula is C25H32N4O2. The molecule has 4 aromatic rings. The Bertz CT molecular complexity index is 1060. The van der Waals surface area contributed by atoms with Gasteiger partial charge in [0.2, 0.25) is 0 Å². The van der Waals surface area contributed by atoms with Gasteiger partial charge in [0.15, 0.2) is 17.1 Å². The van der Waals surface area contributed by atoms with Crippen molar-refractivity contribution >= 4 is 11.5 Å². The molecule has 0 aliphatic carbocycles. The summed E-state index contributed by atoms with van der Waals surface area (Å²) in [5.41, 5.74) is 3.82. The van der Waals surface area contributed by atoms with Crippen LogP contribution in [0.5, 0.6) is 11.5 Å². The van der Waals surface area contributed by atoms with Gasteiger partial charge in [-0.1, -0.05) is 58.0 Å². The van der Waals surface area contributed by atoms with E-state index in [1.807, 2.05) is 86.9 Å². The van der Waals surface area contributed by atoms with Crippen molar-refractivity contribution in [1.82, 2.24) is 14.6 Å². The first-order valence-electron chi connectivity index (χ1n) is 10.6. The zero-order valence-electron chi connectivity index (χ0n) is 19.2. The Morgan fingerprint density at radius 1 is 0.839 bits per heavy atom. The molecule has 0 bridgehead atoms. The Hall–Kier alpha value is -3.54. The van der Waals surface area contributed by atoms with Crippen molar-refractivity contribution < 1.29 is 9.47 Å². The molecule has 0 saturated heterocycles. The highest BCUT2D eigenvalue weighted by Crippen LogP contribution is 2.32. The number of rotatable bonds is 6. The van der Waals surface area contributed by atoms with Crippen LogP contribution in [0, 0.1) is 0 Å². The Morgan fingerprint density at radius 2 is 1.55 bits per heavy atom. The SMILES string of the molecule is CC.CC.COc1ccc(-c2cnc3ccc(NCc4ccccc4)nn23)cc1OC. The van der Waals surface area contributed by atoms with Crippen molar-refractivity contribution in [2.24, 2.45) is 0 Å². The van der Waals surface area contributed by atoms with Crippen LogP contribution < -0.4 is 14.8 Å². The summed E-state index contributed by atoms with van der Waals surface area (Å²) in [5, 5.41) is 8.05. The second-order valence-electron chi connectivity index (χ2n) is 6.04. The number of nitrogens with one attached hydrogen (secondary N) is 1. The molecule has 0 radical (unpaired) electrons. The number of nitrogens with zero attached hydrogens (tertiary/aromatic N) is 3. The summed E-state index contributed by atoms with van der Waals surface area (Å²) in [5.74, 6) is 2.14. The van der Waals surface area contributed by atoms with Crippen LogP contribution in [0.25, 0.3) is 16.9 Å². The fraction of sp³-hybridized carbons (Fsp3) is 0.280. The molecule has 0 atom stereocenters. The van der Waals surface area contributed by atoms with Crippen molar-refractivity contribution in [3.8, 4) is 22.8 Å². The number of fused-ring (bicyclic) bond motifs is 1. The molecule has 0 fully saturated rings. The number of ether oxygens (including phenoxy) is 2. The maximum atomic E-state index is 5.41. The molecule has 4 rings (SSSR count). The van der Waals surface area contributed by atoms with Crippen molar-refractivity contribution in [3.05, 3.63) is 72.4 Å². The molecule has 2 heterocycles. The Balaban J connectivity index is 0.000000807. The highest BCUT2D eigenvalue weighted by atomic mass is 16.5. The van der Waals surface area contributed by atoms with E-state index in [-0.39, 0.29) is 0 Å². The molecule has 0 amide bonds. The molecule has 0 spiro atoms. The van der Waals surface area contributed by atoms with E-state index in [4.69, 9.17) is 14.6 Å². The highest BCUT2D eigenvalue weighted by molar-refractivity contribution is 5.67. The van der Waals surface area contributed by atoms with E-state index >= 15 is 0 Å². The second-order valence-corrected chi connectivity index (χ2v) is 6.04. The van der Waals surface area contributed by atoms with Gasteiger partial charge in [-0.2, -0.15) is 0 Å². The number of benzene rings is 2. The van der Waals surface area contributed by atoms with Crippen molar-refractivity contribution in [1.29, 1.82) is 0 Å². The van der Waals surface area contributed by atoms with Crippen molar-refractivity contribution in [2.45, 2.75) is 34.2 Å². The first kappa shape index (κ1) is 23.7. The second kappa shape index (κ2) is 12.2. The largest absolute Gasteiger partial charge is 0.493 e. The molecule has 2 aromatic heterocycles. The Labute approximate surface area is 184 Å². The van der Waals surface area contributed by atoms with Crippen LogP contribution in [0.15, 0.2) is 66.9 Å². The average Bonchev–Trinajstić information content (AvgIpc) is 3.28. The number of imidazole rings is 1. The Morgan fingerprint density at radius 3 is 2.23 bits per heavy atom. The summed E-state index contributed by atoms with van der Waals surface area (Å²) < 4.78 is 12.6. The van der Waals surface area contributed by atoms with Crippen molar-refractivity contribution in [3.63, 3.8) is 0 Å². The van der Waals surface area contributed by atoms with Crippen LogP contribution in [-0.4, -0.2) is 28.8 Å². The van der Waals surface area contributed by atoms with Crippen LogP contribution in [0.4, 0.5) is 5.82 Å². The van der Waals surface area contributed by atoms with Crippen LogP contribution in [0.2, 0.25) is 0 Å². The number of hydrogen-bond donors (Lipinski definition) is 1. The fourth-order valence-electron chi connectivity index (χ4n) is 2.95. The van der Waals surface area contributed by atoms with E-state index in [0.717, 1.165) is 22.7 Å². The van der Waals surface area contributed by atoms with Crippen LogP contribution in [-0.2, 0) is 6.54 Å². The van der Waals surface area contributed by atoms with Crippen LogP contribution in [0.3, 0.4) is 0 Å². The molecule has 1 N–H and O–H groups in total. The predicted molar refractivity (Wildman–Crippen MR) is 128 cm³/mol. The maximum Gasteiger partial charge on any atom is 0.161 e. The minimum atomic E-state index is 0.670. The molecule has 31 heavy (non-hydrogen) atoms. The van der Waals surface area contributed by atoms with Crippen LogP contribution >= 0.6 is 0 Å². The summed E-state index contributed by atoms with van der Waals surface area (Å²) in [6, 6.07) is 19.9. The lowest BCUT2D eigenvalue weighted by Crippen LogP contribution is -2.04. The van der Waals surface area contributed by atoms with E-state index in [1.54, 1.807) is 14.2 Å². The quantitative estimate of drug-likeness (QED) is 0.410. The van der Waals surface area contributed by atoms with Gasteiger partial charge < -0.3 is 14.8 Å². The standard InChI is InChI=1S/C21H20N4O2.2C2H6/c1-26-18-9-8-16(12-19(18)27-2)17-14-23-21-11-10-20(24-25(17)21)22-13-15-6-4-3-5-7-15;2*1-2/h3-12,14H,13H2,1-2H3,(H,22,24);2*1-2H3. The van der Waals surface area contributed by atoms with Gasteiger partial charge in [0.25, 0.3) is 0 Å². The maximum absolute atomic E-state index is 5.41. The Kier molecular flexibility index (Phi) is 9.36. The predicted octanol–water partition coefficient (Wildman–Crippen LogP) is 6.08. The average molecular weight is 421 g/mol. The third-order valence-electron chi connectivity index (χ3n) is 4.36. The van der Waals surface area contributed by atoms with E-state index in [1.165, 1.54) is 5.56 Å². The summed E-state index contributed by atoms with van der Waals surface area (Å²) in [7, 11) is 3.25. The van der Waals surface area contributed by atoms with Crippen LogP contribution in [0.1, 0.15) is 33.3 Å². The normalized spacial score (nSPS) is 9.74. The molecule has 0 unspecified atom stereocenters. The number of hydrogen-bond acceptors (Lipinski definition) is 5. The summed E-state index contributed by atoms with van der Waals surface area (Å²) in [6.45, 7) is 8.71. The zero-order valence-corrected chi connectivity index (χ0v) is 19.2. The molecule has 6 nitrogen and oxygen atoms in total. The van der Waals surface area contributed by atoms with Gasteiger partial charge >= 0.3 is 0 Å². The fourth-order valence-corrected chi connectivity index (χ4v) is 2.95. The molecule has 0 aliphatic heterocycles. The number of aromatic nitrogens is 3. The monoisotopic (exact) mass is 420 g/mol. The molecule has 0 saturated carbocycles. The van der Waals surface area contributed by atoms with Gasteiger partial charge in [0.1, 0.15) is 5.82 Å². The lowest BCUT2D eigenvalue weighted by molar-refractivity contribution is 0.355. The number of methoxy groups -OCH3 is 2. The smallest absolute Gasteiger partial charge is 0.161 e. The van der Waals surface area contributed by atoms with Gasteiger partial charge in [0.05, 0.1) is 26.1 Å². The summed E-state index contributed by atoms with van der Waals surface area (Å²) in [4.78, 5) is 4.45. The van der Waals surface area contributed by atoms with E-state index in [0.29, 0.717) is 18.0 Å². The minimum absolute atomic E-state index is 0.670. The highest BCUT2D eigenvalue weighted by Gasteiger charge is 2.11. The van der Waals surface area contributed by atoms with Crippen molar-refractivity contribution in [2.75, 3.05) is 19.5 Å². The van der Waals surface area contributed by atoms with E-state index in [9.17, 15) is 0 Å². The van der Waals surface area contributed by atoms with Gasteiger partial charge in [-0.05, 0) is 35.9 Å². The molecule has 6 heteroatoms. The topological polar surface area (TPSA) is 60.7 Å². The van der Waals surface area contributed by atoms with Gasteiger partial charge in [-0.3, -0.25) is 0 Å². The zero-order chi connectivity index (χ0) is 22.6. The summed E-state index contributed by atoms with van der Waals surface area (Å²) in [6.07, 6.45) is 1.81. The first-order chi connectivity index (χ1) is 15.3. The third-order valence-corrected chi connectivity index (χ3v) is 4.36. The van der Waals surface area contributed by atoms with Gasteiger partial charge in [0, 0.05) is 12.1 Å². The molecule has 2 aromatic carbocycles. The number of anilines is 1. The summed E-state index contributed by atoms with van der Waals surface area (Å²) >= 11 is 0. The minimum Gasteiger partial charge on any atom is -0.493 e. The molecule has 0 aliphatic rings. The molecular weight excluding hydrogens is 388 g/mol. The lowest BCUT2D eigenvalue weighted by Gasteiger charge is -2.10. The van der Waals surface area contributed by atoms with E-state index < -0.39 is 0 Å². The van der Waals surface area contributed by atoms with E-state index in [2.05, 4.69) is 22.4 Å². The molecule has 164 valence electrons. The lowest BCUT2D eigenvalue weighted by atomic mass is 10.1. The first-order valence-corrected chi connectivity index (χ1v) is 10.6.